The third-order valence-electron chi connectivity index (χ3n) is 3.07. The van der Waals surface area contributed by atoms with Crippen LogP contribution in [0.1, 0.15) is 29.9 Å². The fourth-order valence-corrected chi connectivity index (χ4v) is 3.64. The lowest BCUT2D eigenvalue weighted by atomic mass is 9.92. The van der Waals surface area contributed by atoms with Crippen molar-refractivity contribution < 1.29 is 8.42 Å². The molecule has 2 rings (SSSR count). The first-order chi connectivity index (χ1) is 7.07. The van der Waals surface area contributed by atoms with Gasteiger partial charge in [-0.2, -0.15) is 0 Å². The van der Waals surface area contributed by atoms with E-state index < -0.39 is 9.84 Å². The van der Waals surface area contributed by atoms with Gasteiger partial charge < -0.3 is 0 Å². The lowest BCUT2D eigenvalue weighted by molar-refractivity contribution is 0.550. The molecule has 0 aliphatic carbocycles. The Morgan fingerprint density at radius 2 is 1.87 bits per heavy atom. The molecule has 0 N–H and O–H groups in total. The Hall–Kier alpha value is -0.830. The Labute approximate surface area is 91.2 Å². The van der Waals surface area contributed by atoms with E-state index in [1.54, 1.807) is 0 Å². The number of benzene rings is 1. The molecule has 0 bridgehead atoms. The second-order valence-corrected chi connectivity index (χ2v) is 6.64. The Balaban J connectivity index is 2.14. The van der Waals surface area contributed by atoms with Crippen LogP contribution in [0.5, 0.6) is 0 Å². The van der Waals surface area contributed by atoms with Gasteiger partial charge in [-0.05, 0) is 31.2 Å². The molecule has 1 saturated heterocycles. The quantitative estimate of drug-likeness (QED) is 0.733. The van der Waals surface area contributed by atoms with Gasteiger partial charge in [0.05, 0.1) is 11.5 Å². The first kappa shape index (κ1) is 10.7. The maximum absolute atomic E-state index is 11.3. The summed E-state index contributed by atoms with van der Waals surface area (Å²) in [7, 11) is -2.73. The monoisotopic (exact) mass is 224 g/mol. The van der Waals surface area contributed by atoms with Gasteiger partial charge in [0.15, 0.2) is 0 Å². The first-order valence-corrected chi connectivity index (χ1v) is 7.16. The minimum atomic E-state index is -2.73. The van der Waals surface area contributed by atoms with Gasteiger partial charge in [0.2, 0.25) is 0 Å². The van der Waals surface area contributed by atoms with E-state index in [2.05, 4.69) is 25.1 Å². The summed E-state index contributed by atoms with van der Waals surface area (Å²) in [5, 5.41) is 0. The predicted molar refractivity (Wildman–Crippen MR) is 61.8 cm³/mol. The number of hydrogen-bond donors (Lipinski definition) is 0. The molecule has 1 heterocycles. The highest BCUT2D eigenvalue weighted by Crippen LogP contribution is 2.29. The van der Waals surface area contributed by atoms with Crippen LogP contribution in [0.4, 0.5) is 0 Å². The highest BCUT2D eigenvalue weighted by Gasteiger charge is 2.24. The van der Waals surface area contributed by atoms with E-state index in [4.69, 9.17) is 0 Å². The van der Waals surface area contributed by atoms with Crippen LogP contribution >= 0.6 is 0 Å². The molecule has 0 atom stereocenters. The molecular formula is C12H16O2S. The maximum atomic E-state index is 11.3. The van der Waals surface area contributed by atoms with Crippen molar-refractivity contribution in [2.45, 2.75) is 25.7 Å². The first-order valence-electron chi connectivity index (χ1n) is 5.34. The van der Waals surface area contributed by atoms with E-state index in [0.29, 0.717) is 17.4 Å². The zero-order valence-corrected chi connectivity index (χ0v) is 9.76. The number of hydrogen-bond acceptors (Lipinski definition) is 2. The predicted octanol–water partition coefficient (Wildman–Crippen LogP) is 2.29. The Morgan fingerprint density at radius 1 is 1.20 bits per heavy atom. The fourth-order valence-electron chi connectivity index (χ4n) is 2.15. The standard InChI is InChI=1S/C12H16O2S/c1-10-3-2-4-12(9-10)11-5-7-15(13,14)8-6-11/h2-4,9,11H,5-8H2,1H3. The minimum absolute atomic E-state index is 0.353. The highest BCUT2D eigenvalue weighted by atomic mass is 32.2. The van der Waals surface area contributed by atoms with Crippen LogP contribution in [0.15, 0.2) is 24.3 Å². The van der Waals surface area contributed by atoms with E-state index in [1.807, 2.05) is 6.07 Å². The summed E-state index contributed by atoms with van der Waals surface area (Å²) in [5.41, 5.74) is 2.55. The largest absolute Gasteiger partial charge is 0.229 e. The van der Waals surface area contributed by atoms with Gasteiger partial charge >= 0.3 is 0 Å². The van der Waals surface area contributed by atoms with E-state index in [1.165, 1.54) is 11.1 Å². The van der Waals surface area contributed by atoms with Crippen molar-refractivity contribution in [2.75, 3.05) is 11.5 Å². The summed E-state index contributed by atoms with van der Waals surface area (Å²) in [4.78, 5) is 0. The van der Waals surface area contributed by atoms with Crippen LogP contribution in [-0.4, -0.2) is 19.9 Å². The smallest absolute Gasteiger partial charge is 0.150 e. The fraction of sp³-hybridized carbons (Fsp3) is 0.500. The van der Waals surface area contributed by atoms with Gasteiger partial charge in [0.25, 0.3) is 0 Å². The average molecular weight is 224 g/mol. The maximum Gasteiger partial charge on any atom is 0.150 e. The summed E-state index contributed by atoms with van der Waals surface area (Å²) < 4.78 is 22.6. The molecule has 1 aromatic rings. The molecule has 0 unspecified atom stereocenters. The lowest BCUT2D eigenvalue weighted by Gasteiger charge is -2.22. The van der Waals surface area contributed by atoms with Gasteiger partial charge in [-0.3, -0.25) is 0 Å². The summed E-state index contributed by atoms with van der Waals surface area (Å²) >= 11 is 0. The zero-order valence-electron chi connectivity index (χ0n) is 8.94. The summed E-state index contributed by atoms with van der Waals surface area (Å²) in [6.07, 6.45) is 1.57. The van der Waals surface area contributed by atoms with Crippen LogP contribution in [0.25, 0.3) is 0 Å². The normalized spacial score (nSPS) is 21.4. The molecule has 1 fully saturated rings. The number of aryl methyl sites for hydroxylation is 1. The Morgan fingerprint density at radius 3 is 2.47 bits per heavy atom. The van der Waals surface area contributed by atoms with E-state index in [9.17, 15) is 8.42 Å². The van der Waals surface area contributed by atoms with Gasteiger partial charge in [-0.15, -0.1) is 0 Å². The topological polar surface area (TPSA) is 34.1 Å². The van der Waals surface area contributed by atoms with Crippen LogP contribution in [-0.2, 0) is 9.84 Å². The second-order valence-electron chi connectivity index (χ2n) is 4.34. The van der Waals surface area contributed by atoms with Crippen LogP contribution in [0.3, 0.4) is 0 Å². The van der Waals surface area contributed by atoms with Crippen LogP contribution in [0, 0.1) is 6.92 Å². The van der Waals surface area contributed by atoms with Crippen molar-refractivity contribution in [1.29, 1.82) is 0 Å². The summed E-state index contributed by atoms with van der Waals surface area (Å²) in [6, 6.07) is 8.40. The molecular weight excluding hydrogens is 208 g/mol. The molecule has 0 saturated carbocycles. The third kappa shape index (κ3) is 2.59. The molecule has 1 aliphatic rings. The van der Waals surface area contributed by atoms with Crippen molar-refractivity contribution in [3.05, 3.63) is 35.4 Å². The van der Waals surface area contributed by atoms with Crippen LogP contribution in [0.2, 0.25) is 0 Å². The van der Waals surface area contributed by atoms with Crippen molar-refractivity contribution in [1.82, 2.24) is 0 Å². The summed E-state index contributed by atoms with van der Waals surface area (Å²) in [5.74, 6) is 1.14. The average Bonchev–Trinajstić information content (AvgIpc) is 2.17. The molecule has 1 aliphatic heterocycles. The van der Waals surface area contributed by atoms with E-state index in [-0.39, 0.29) is 0 Å². The number of rotatable bonds is 1. The molecule has 15 heavy (non-hydrogen) atoms. The van der Waals surface area contributed by atoms with Crippen LogP contribution < -0.4 is 0 Å². The van der Waals surface area contributed by atoms with Crippen molar-refractivity contribution in [3.8, 4) is 0 Å². The van der Waals surface area contributed by atoms with E-state index >= 15 is 0 Å². The molecule has 1 aromatic carbocycles. The lowest BCUT2D eigenvalue weighted by Crippen LogP contribution is -2.22. The third-order valence-corrected chi connectivity index (χ3v) is 4.78. The number of sulfone groups is 1. The molecule has 0 spiro atoms. The minimum Gasteiger partial charge on any atom is -0.229 e. The molecule has 0 radical (unpaired) electrons. The van der Waals surface area contributed by atoms with Crippen molar-refractivity contribution >= 4 is 9.84 Å². The van der Waals surface area contributed by atoms with Crippen molar-refractivity contribution in [3.63, 3.8) is 0 Å². The zero-order chi connectivity index (χ0) is 10.9. The molecule has 2 nitrogen and oxygen atoms in total. The SMILES string of the molecule is Cc1cccc(C2CCS(=O)(=O)CC2)c1. The summed E-state index contributed by atoms with van der Waals surface area (Å²) in [6.45, 7) is 2.07. The van der Waals surface area contributed by atoms with Gasteiger partial charge in [-0.1, -0.05) is 29.8 Å². The van der Waals surface area contributed by atoms with Crippen molar-refractivity contribution in [2.24, 2.45) is 0 Å². The Kier molecular flexibility index (Phi) is 2.83. The highest BCUT2D eigenvalue weighted by molar-refractivity contribution is 7.91. The molecule has 82 valence electrons. The molecule has 3 heteroatoms. The molecule has 0 aromatic heterocycles. The Bertz CT molecular complexity index is 434. The van der Waals surface area contributed by atoms with Gasteiger partial charge in [0, 0.05) is 0 Å². The van der Waals surface area contributed by atoms with E-state index in [0.717, 1.165) is 12.8 Å². The van der Waals surface area contributed by atoms with Gasteiger partial charge in [-0.25, -0.2) is 8.42 Å². The molecule has 0 amide bonds. The van der Waals surface area contributed by atoms with Gasteiger partial charge in [0.1, 0.15) is 9.84 Å². The second kappa shape index (κ2) is 3.97.